The molecule has 0 aliphatic carbocycles. The first kappa shape index (κ1) is 16.5. The Bertz CT molecular complexity index is 410. The number of hydrogen-bond acceptors (Lipinski definition) is 2. The van der Waals surface area contributed by atoms with Crippen LogP contribution in [0.25, 0.3) is 0 Å². The van der Waals surface area contributed by atoms with Gasteiger partial charge in [-0.05, 0) is 69.3 Å². The molecule has 1 fully saturated rings. The van der Waals surface area contributed by atoms with Gasteiger partial charge in [-0.2, -0.15) is 0 Å². The highest BCUT2D eigenvalue weighted by molar-refractivity contribution is 5.25. The minimum atomic E-state index is 0.449. The van der Waals surface area contributed by atoms with Crippen LogP contribution in [0.5, 0.6) is 0 Å². The van der Waals surface area contributed by atoms with Crippen LogP contribution in [0, 0.1) is 11.8 Å². The second-order valence-corrected chi connectivity index (χ2v) is 7.24. The van der Waals surface area contributed by atoms with E-state index in [1.54, 1.807) is 0 Å². The van der Waals surface area contributed by atoms with Gasteiger partial charge in [0.25, 0.3) is 0 Å². The van der Waals surface area contributed by atoms with Crippen LogP contribution in [0.3, 0.4) is 0 Å². The van der Waals surface area contributed by atoms with Gasteiger partial charge < -0.3 is 10.2 Å². The van der Waals surface area contributed by atoms with Gasteiger partial charge in [0.2, 0.25) is 0 Å². The second kappa shape index (κ2) is 7.95. The molecular weight excluding hydrogens is 256 g/mol. The van der Waals surface area contributed by atoms with Gasteiger partial charge in [0.15, 0.2) is 0 Å². The summed E-state index contributed by atoms with van der Waals surface area (Å²) in [4.78, 5) is 2.46. The Morgan fingerprint density at radius 3 is 2.52 bits per heavy atom. The molecule has 0 spiro atoms. The van der Waals surface area contributed by atoms with Crippen molar-refractivity contribution in [3.8, 4) is 0 Å². The molecule has 0 radical (unpaired) electrons. The lowest BCUT2D eigenvalue weighted by atomic mass is 9.97. The van der Waals surface area contributed by atoms with E-state index in [-0.39, 0.29) is 0 Å². The van der Waals surface area contributed by atoms with Gasteiger partial charge in [-0.15, -0.1) is 0 Å². The minimum Gasteiger partial charge on any atom is -0.310 e. The van der Waals surface area contributed by atoms with Crippen molar-refractivity contribution in [2.24, 2.45) is 11.8 Å². The zero-order valence-corrected chi connectivity index (χ0v) is 14.2. The predicted molar refractivity (Wildman–Crippen MR) is 91.6 cm³/mol. The van der Waals surface area contributed by atoms with E-state index in [1.165, 1.54) is 43.5 Å². The lowest BCUT2D eigenvalue weighted by molar-refractivity contribution is 0.203. The van der Waals surface area contributed by atoms with Crippen molar-refractivity contribution >= 4 is 0 Å². The van der Waals surface area contributed by atoms with E-state index >= 15 is 0 Å². The Morgan fingerprint density at radius 2 is 1.90 bits per heavy atom. The number of nitrogens with zero attached hydrogens (tertiary/aromatic N) is 1. The molecule has 0 aromatic heterocycles. The minimum absolute atomic E-state index is 0.449. The first-order valence-corrected chi connectivity index (χ1v) is 8.55. The number of piperidine rings is 1. The summed E-state index contributed by atoms with van der Waals surface area (Å²) in [5, 5.41) is 3.72. The molecule has 1 N–H and O–H groups in total. The Balaban J connectivity index is 1.81. The molecule has 21 heavy (non-hydrogen) atoms. The quantitative estimate of drug-likeness (QED) is 0.854. The van der Waals surface area contributed by atoms with E-state index in [2.05, 4.69) is 62.3 Å². The number of likely N-dealkylation sites (tertiary alicyclic amines) is 1. The van der Waals surface area contributed by atoms with Crippen molar-refractivity contribution in [3.05, 3.63) is 35.4 Å². The summed E-state index contributed by atoms with van der Waals surface area (Å²) >= 11 is 0. The van der Waals surface area contributed by atoms with Crippen LogP contribution in [-0.4, -0.2) is 31.6 Å². The summed E-state index contributed by atoms with van der Waals surface area (Å²) < 4.78 is 0. The third-order valence-corrected chi connectivity index (χ3v) is 4.56. The molecule has 1 heterocycles. The largest absolute Gasteiger partial charge is 0.310 e. The average Bonchev–Trinajstić information content (AvgIpc) is 2.45. The van der Waals surface area contributed by atoms with Gasteiger partial charge in [-0.3, -0.25) is 0 Å². The average molecular weight is 288 g/mol. The van der Waals surface area contributed by atoms with E-state index < -0.39 is 0 Å². The third-order valence-electron chi connectivity index (χ3n) is 4.56. The molecule has 2 heteroatoms. The highest BCUT2D eigenvalue weighted by atomic mass is 15.1. The van der Waals surface area contributed by atoms with Gasteiger partial charge >= 0.3 is 0 Å². The Hall–Kier alpha value is -0.860. The van der Waals surface area contributed by atoms with Crippen LogP contribution < -0.4 is 5.32 Å². The predicted octanol–water partition coefficient (Wildman–Crippen LogP) is 3.88. The van der Waals surface area contributed by atoms with Gasteiger partial charge in [-0.25, -0.2) is 0 Å². The number of nitrogens with one attached hydrogen (secondary N) is 1. The van der Waals surface area contributed by atoms with Crippen LogP contribution in [0.15, 0.2) is 24.3 Å². The summed E-state index contributed by atoms with van der Waals surface area (Å²) in [5.74, 6) is 1.54. The Morgan fingerprint density at radius 1 is 1.19 bits per heavy atom. The van der Waals surface area contributed by atoms with Crippen LogP contribution in [0.1, 0.15) is 50.8 Å². The number of benzene rings is 1. The Labute approximate surface area is 130 Å². The van der Waals surface area contributed by atoms with E-state index in [1.807, 2.05) is 0 Å². The zero-order chi connectivity index (χ0) is 15.2. The fourth-order valence-corrected chi connectivity index (χ4v) is 3.31. The van der Waals surface area contributed by atoms with Crippen molar-refractivity contribution in [2.75, 3.05) is 26.7 Å². The van der Waals surface area contributed by atoms with E-state index in [0.717, 1.165) is 18.4 Å². The number of rotatable bonds is 6. The first-order chi connectivity index (χ1) is 10.0. The zero-order valence-electron chi connectivity index (χ0n) is 14.2. The van der Waals surface area contributed by atoms with Crippen molar-refractivity contribution in [2.45, 2.75) is 46.1 Å². The normalized spacial score (nSPS) is 21.7. The molecule has 2 unspecified atom stereocenters. The molecule has 2 atom stereocenters. The molecule has 2 nitrogen and oxygen atoms in total. The van der Waals surface area contributed by atoms with Gasteiger partial charge in [-0.1, -0.05) is 38.1 Å². The molecule has 118 valence electrons. The first-order valence-electron chi connectivity index (χ1n) is 8.55. The Kier molecular flexibility index (Phi) is 6.25. The van der Waals surface area contributed by atoms with Crippen molar-refractivity contribution in [3.63, 3.8) is 0 Å². The van der Waals surface area contributed by atoms with Crippen LogP contribution in [0.4, 0.5) is 0 Å². The molecular formula is C19H32N2. The smallest absolute Gasteiger partial charge is 0.0291 e. The lowest BCUT2D eigenvalue weighted by Gasteiger charge is -2.30. The number of hydrogen-bond donors (Lipinski definition) is 1. The molecule has 2 rings (SSSR count). The van der Waals surface area contributed by atoms with Crippen molar-refractivity contribution in [1.82, 2.24) is 10.2 Å². The summed E-state index contributed by atoms with van der Waals surface area (Å²) in [7, 11) is 2.24. The van der Waals surface area contributed by atoms with Gasteiger partial charge in [0.1, 0.15) is 0 Å². The van der Waals surface area contributed by atoms with Gasteiger partial charge in [0.05, 0.1) is 0 Å². The summed E-state index contributed by atoms with van der Waals surface area (Å²) in [6.45, 7) is 10.5. The highest BCUT2D eigenvalue weighted by Gasteiger charge is 2.17. The summed E-state index contributed by atoms with van der Waals surface area (Å²) in [6.07, 6.45) is 3.90. The maximum absolute atomic E-state index is 3.72. The van der Waals surface area contributed by atoms with Crippen LogP contribution >= 0.6 is 0 Å². The molecule has 0 bridgehead atoms. The monoisotopic (exact) mass is 288 g/mol. The SMILES string of the molecule is CC(C)Cc1ccc(C(C)NCC2CCCN(C)C2)cc1. The molecule has 1 saturated heterocycles. The van der Waals surface area contributed by atoms with Crippen LogP contribution in [0.2, 0.25) is 0 Å². The van der Waals surface area contributed by atoms with Gasteiger partial charge in [0, 0.05) is 12.6 Å². The maximum atomic E-state index is 3.72. The standard InChI is InChI=1S/C19H32N2/c1-15(2)12-17-7-9-19(10-8-17)16(3)20-13-18-6-5-11-21(4)14-18/h7-10,15-16,18,20H,5-6,11-14H2,1-4H3. The fourth-order valence-electron chi connectivity index (χ4n) is 3.31. The molecule has 0 amide bonds. The lowest BCUT2D eigenvalue weighted by Crippen LogP contribution is -2.37. The molecule has 1 aromatic rings. The van der Waals surface area contributed by atoms with Crippen LogP contribution in [-0.2, 0) is 6.42 Å². The van der Waals surface area contributed by atoms with Crippen molar-refractivity contribution in [1.29, 1.82) is 0 Å². The van der Waals surface area contributed by atoms with E-state index in [4.69, 9.17) is 0 Å². The molecule has 1 aliphatic rings. The maximum Gasteiger partial charge on any atom is 0.0291 e. The molecule has 1 aromatic carbocycles. The van der Waals surface area contributed by atoms with E-state index in [0.29, 0.717) is 6.04 Å². The van der Waals surface area contributed by atoms with E-state index in [9.17, 15) is 0 Å². The second-order valence-electron chi connectivity index (χ2n) is 7.24. The van der Waals surface area contributed by atoms with Crippen molar-refractivity contribution < 1.29 is 0 Å². The summed E-state index contributed by atoms with van der Waals surface area (Å²) in [6, 6.07) is 9.62. The highest BCUT2D eigenvalue weighted by Crippen LogP contribution is 2.18. The topological polar surface area (TPSA) is 15.3 Å². The molecule has 1 aliphatic heterocycles. The molecule has 0 saturated carbocycles. The summed E-state index contributed by atoms with van der Waals surface area (Å²) in [5.41, 5.74) is 2.86. The fraction of sp³-hybridized carbons (Fsp3) is 0.684. The third kappa shape index (κ3) is 5.44.